The van der Waals surface area contributed by atoms with Crippen LogP contribution in [-0.4, -0.2) is 288 Å². The Balaban J connectivity index is 1.37. The van der Waals surface area contributed by atoms with Gasteiger partial charge in [0.25, 0.3) is 0 Å². The van der Waals surface area contributed by atoms with Gasteiger partial charge in [0, 0.05) is 12.6 Å². The fourth-order valence-corrected chi connectivity index (χ4v) is 8.67. The molecule has 5 fully saturated rings. The molecule has 5 aliphatic rings. The number of aliphatic hydroxyl groups is 15. The summed E-state index contributed by atoms with van der Waals surface area (Å²) in [4.78, 5) is 23.7. The van der Waals surface area contributed by atoms with Crippen LogP contribution in [0.5, 0.6) is 0 Å². The van der Waals surface area contributed by atoms with Crippen LogP contribution in [0.3, 0.4) is 0 Å². The van der Waals surface area contributed by atoms with Gasteiger partial charge in [-0.2, -0.15) is 13.2 Å². The van der Waals surface area contributed by atoms with Gasteiger partial charge < -0.3 is 135 Å². The molecule has 2 amide bonds. The maximum atomic E-state index is 12.8. The molecule has 0 unspecified atom stereocenters. The summed E-state index contributed by atoms with van der Waals surface area (Å²) in [6, 6.07) is 3.29. The van der Waals surface area contributed by atoms with Crippen LogP contribution in [0.4, 0.5) is 18.9 Å². The Bertz CT molecular complexity index is 1930. The molecule has 74 heavy (non-hydrogen) atoms. The van der Waals surface area contributed by atoms with Crippen molar-refractivity contribution in [1.82, 2.24) is 5.32 Å². The third-order valence-corrected chi connectivity index (χ3v) is 12.8. The number of hydrogen-bond donors (Lipinski definition) is 17. The van der Waals surface area contributed by atoms with E-state index in [9.17, 15) is 99.4 Å². The number of carbonyl (C=O) groups excluding carboxylic acids is 2. The molecule has 1 aromatic carbocycles. The highest BCUT2D eigenvalue weighted by Gasteiger charge is 2.57. The SMILES string of the molecule is CC(=O)N[C@H]1[C@@H](O[C@H]2[C@H](O[C@H]3[C@H](O[C@@H]4O[C@H](CO)[C@@H](O)[C@H](O)[C@H]4O)[C@@H](O)[C@@H](OCCc4ccc(NC(=O)C(F)(F)F)cc4)O[C@@H]3CO[C@@H]3O[C@H](CO)[C@@H](O)[C@H](O)[C@H]3O)O[C@H](CO)[C@@H](O)[C@@H]2O)O[C@H](CO)[C@@H](O)[C@@H]1O. The third kappa shape index (κ3) is 13.8. The van der Waals surface area contributed by atoms with Crippen LogP contribution in [0.15, 0.2) is 24.3 Å². The number of alkyl halides is 3. The molecule has 424 valence electrons. The summed E-state index contributed by atoms with van der Waals surface area (Å²) in [6.45, 7) is -4.14. The minimum Gasteiger partial charge on any atom is -0.394 e. The predicted octanol–water partition coefficient (Wildman–Crippen LogP) is -9.01. The van der Waals surface area contributed by atoms with Crippen LogP contribution in [-0.2, 0) is 63.4 Å². The molecule has 0 spiro atoms. The van der Waals surface area contributed by atoms with Gasteiger partial charge in [-0.15, -0.1) is 0 Å². The number of amides is 2. The predicted molar refractivity (Wildman–Crippen MR) is 227 cm³/mol. The summed E-state index contributed by atoms with van der Waals surface area (Å²) in [5.41, 5.74) is 0.184. The molecule has 5 aliphatic heterocycles. The first-order valence-corrected chi connectivity index (χ1v) is 23.1. The molecule has 5 saturated heterocycles. The topological polar surface area (TPSA) is 454 Å². The zero-order valence-electron chi connectivity index (χ0n) is 38.9. The molecule has 0 bridgehead atoms. The highest BCUT2D eigenvalue weighted by atomic mass is 19.4. The number of anilines is 1. The van der Waals surface area contributed by atoms with Crippen LogP contribution >= 0.6 is 0 Å². The van der Waals surface area contributed by atoms with Crippen LogP contribution in [0, 0.1) is 0 Å². The van der Waals surface area contributed by atoms with Crippen molar-refractivity contribution in [2.45, 2.75) is 173 Å². The Morgan fingerprint density at radius 1 is 0.514 bits per heavy atom. The molecule has 25 atom stereocenters. The molecule has 32 heteroatoms. The van der Waals surface area contributed by atoms with Gasteiger partial charge in [-0.25, -0.2) is 0 Å². The summed E-state index contributed by atoms with van der Waals surface area (Å²) in [7, 11) is 0. The van der Waals surface area contributed by atoms with E-state index in [1.165, 1.54) is 12.1 Å². The van der Waals surface area contributed by atoms with Crippen LogP contribution < -0.4 is 10.6 Å². The Morgan fingerprint density at radius 2 is 0.959 bits per heavy atom. The first-order chi connectivity index (χ1) is 34.9. The Morgan fingerprint density at radius 3 is 1.50 bits per heavy atom. The summed E-state index contributed by atoms with van der Waals surface area (Å²) in [5, 5.41) is 164. The molecule has 6 rings (SSSR count). The van der Waals surface area contributed by atoms with Crippen molar-refractivity contribution in [1.29, 1.82) is 0 Å². The zero-order chi connectivity index (χ0) is 54.5. The summed E-state index contributed by atoms with van der Waals surface area (Å²) < 4.78 is 97.3. The van der Waals surface area contributed by atoms with E-state index in [2.05, 4.69) is 5.32 Å². The Kier molecular flexibility index (Phi) is 21.2. The molecule has 0 aromatic heterocycles. The Hall–Kier alpha value is -3.05. The number of benzene rings is 1. The maximum Gasteiger partial charge on any atom is 0.471 e. The number of hydrogen-bond acceptors (Lipinski definition) is 27. The minimum absolute atomic E-state index is 0.0758. The largest absolute Gasteiger partial charge is 0.471 e. The molecule has 17 N–H and O–H groups in total. The van der Waals surface area contributed by atoms with Crippen LogP contribution in [0.25, 0.3) is 0 Å². The molecule has 0 aliphatic carbocycles. The standard InChI is InChI=1S/C42H63F3N2O27/c1-13(52)46-21-26(57)22(53)16(8-48)67-36(21)74-35-29(60)25(56)19(11-51)70-40(35)72-33-20(12-66-37-30(61)27(58)23(54)17(9-49)68-37)71-38(32(63)34(33)73-39-31(62)28(59)24(55)18(10-50)69-39)65-7-6-14-2-4-15(5-3-14)47-41(64)42(43,44)45/h2-5,16-40,48-51,53-63H,6-12H2,1H3,(H,46,52)(H,47,64)/t16-,17-,18-,19-,20-,21-,22-,23-,24-,25-,26-,27+,28+,29+,30-,31-,32-,33-,34-,35-,36-,37-,38+,39+,40+/m1/s1. The second kappa shape index (κ2) is 26.1. The molecule has 5 heterocycles. The lowest BCUT2D eigenvalue weighted by Gasteiger charge is -2.50. The number of nitrogens with one attached hydrogen (secondary N) is 2. The van der Waals surface area contributed by atoms with Gasteiger partial charge in [-0.05, 0) is 24.1 Å². The number of halogens is 3. The average molecular weight is 1080 g/mol. The zero-order valence-corrected chi connectivity index (χ0v) is 38.9. The van der Waals surface area contributed by atoms with Crippen molar-refractivity contribution in [3.63, 3.8) is 0 Å². The highest BCUT2D eigenvalue weighted by molar-refractivity contribution is 5.94. The molecule has 0 radical (unpaired) electrons. The van der Waals surface area contributed by atoms with E-state index in [1.807, 2.05) is 0 Å². The van der Waals surface area contributed by atoms with E-state index < -0.39 is 211 Å². The monoisotopic (exact) mass is 1080 g/mol. The van der Waals surface area contributed by atoms with Crippen molar-refractivity contribution in [3.05, 3.63) is 29.8 Å². The van der Waals surface area contributed by atoms with E-state index in [4.69, 9.17) is 47.4 Å². The Labute approximate surface area is 417 Å². The maximum absolute atomic E-state index is 12.8. The fourth-order valence-electron chi connectivity index (χ4n) is 8.67. The first-order valence-electron chi connectivity index (χ1n) is 23.1. The summed E-state index contributed by atoms with van der Waals surface area (Å²) in [5.74, 6) is -3.03. The molecular weight excluding hydrogens is 1020 g/mol. The van der Waals surface area contributed by atoms with E-state index in [1.54, 1.807) is 5.32 Å². The van der Waals surface area contributed by atoms with Crippen LogP contribution in [0.1, 0.15) is 12.5 Å². The van der Waals surface area contributed by atoms with Gasteiger partial charge in [0.15, 0.2) is 31.5 Å². The quantitative estimate of drug-likeness (QED) is 0.0612. The number of carbonyl (C=O) groups is 2. The second-order valence-corrected chi connectivity index (χ2v) is 18.0. The van der Waals surface area contributed by atoms with Gasteiger partial charge in [0.05, 0.1) is 39.6 Å². The van der Waals surface area contributed by atoms with Crippen molar-refractivity contribution in [2.75, 3.05) is 45.0 Å². The third-order valence-electron chi connectivity index (χ3n) is 12.8. The fraction of sp³-hybridized carbons (Fsp3) is 0.810. The van der Waals surface area contributed by atoms with E-state index in [-0.39, 0.29) is 12.1 Å². The minimum atomic E-state index is -5.17. The summed E-state index contributed by atoms with van der Waals surface area (Å²) in [6.07, 6.45) is -51.9. The summed E-state index contributed by atoms with van der Waals surface area (Å²) >= 11 is 0. The smallest absolute Gasteiger partial charge is 0.394 e. The molecule has 29 nitrogen and oxygen atoms in total. The van der Waals surface area contributed by atoms with Gasteiger partial charge in [-0.3, -0.25) is 9.59 Å². The van der Waals surface area contributed by atoms with Crippen LogP contribution in [0.2, 0.25) is 0 Å². The van der Waals surface area contributed by atoms with E-state index in [0.29, 0.717) is 5.56 Å². The number of aliphatic hydroxyl groups excluding tert-OH is 15. The van der Waals surface area contributed by atoms with Gasteiger partial charge in [-0.1, -0.05) is 12.1 Å². The van der Waals surface area contributed by atoms with Crippen molar-refractivity contribution in [3.8, 4) is 0 Å². The van der Waals surface area contributed by atoms with Gasteiger partial charge >= 0.3 is 12.1 Å². The first kappa shape index (κ1) is 60.2. The molecular formula is C42H63F3N2O27. The van der Waals surface area contributed by atoms with Crippen molar-refractivity contribution >= 4 is 17.5 Å². The average Bonchev–Trinajstić information content (AvgIpc) is 3.36. The number of ether oxygens (including phenoxy) is 10. The lowest BCUT2D eigenvalue weighted by molar-refractivity contribution is -0.401. The normalized spacial score (nSPS) is 43.1. The van der Waals surface area contributed by atoms with Crippen molar-refractivity contribution in [2.24, 2.45) is 0 Å². The van der Waals surface area contributed by atoms with Crippen molar-refractivity contribution < 1.29 is 147 Å². The second-order valence-electron chi connectivity index (χ2n) is 18.0. The van der Waals surface area contributed by atoms with E-state index in [0.717, 1.165) is 19.1 Å². The van der Waals surface area contributed by atoms with E-state index >= 15 is 0 Å². The highest BCUT2D eigenvalue weighted by Crippen LogP contribution is 2.37. The lowest BCUT2D eigenvalue weighted by Crippen LogP contribution is -2.69. The van der Waals surface area contributed by atoms with Gasteiger partial charge in [0.1, 0.15) is 122 Å². The van der Waals surface area contributed by atoms with Gasteiger partial charge in [0.2, 0.25) is 5.91 Å². The number of rotatable bonds is 19. The molecule has 1 aromatic rings. The molecule has 0 saturated carbocycles. The lowest BCUT2D eigenvalue weighted by atomic mass is 9.95.